The molecule has 1 aliphatic rings. The highest BCUT2D eigenvalue weighted by Crippen LogP contribution is 2.08. The van der Waals surface area contributed by atoms with Gasteiger partial charge in [-0.3, -0.25) is 4.98 Å². The lowest BCUT2D eigenvalue weighted by Gasteiger charge is -2.27. The quantitative estimate of drug-likeness (QED) is 0.614. The fourth-order valence-corrected chi connectivity index (χ4v) is 1.68. The van der Waals surface area contributed by atoms with Crippen LogP contribution in [0.15, 0.2) is 23.3 Å². The minimum Gasteiger partial charge on any atom is -0.495 e. The van der Waals surface area contributed by atoms with E-state index >= 15 is 0 Å². The van der Waals surface area contributed by atoms with E-state index in [4.69, 9.17) is 15.2 Å². The van der Waals surface area contributed by atoms with Gasteiger partial charge >= 0.3 is 0 Å². The summed E-state index contributed by atoms with van der Waals surface area (Å²) in [5.41, 5.74) is 6.79. The summed E-state index contributed by atoms with van der Waals surface area (Å²) < 4.78 is 10.3. The normalized spacial score (nSPS) is 16.7. The molecule has 0 radical (unpaired) electrons. The Balaban J connectivity index is 1.91. The number of nitrogens with zero attached hydrogens (tertiary/aromatic N) is 3. The monoisotopic (exact) mass is 250 g/mol. The lowest BCUT2D eigenvalue weighted by Crippen LogP contribution is -2.44. The number of morpholine rings is 1. The Hall–Kier alpha value is -1.82. The number of hydrogen-bond donors (Lipinski definition) is 1. The predicted octanol–water partition coefficient (Wildman–Crippen LogP) is 0.237. The molecule has 0 aliphatic carbocycles. The van der Waals surface area contributed by atoms with Crippen molar-refractivity contribution in [2.24, 2.45) is 10.7 Å². The van der Waals surface area contributed by atoms with Crippen LogP contribution in [0, 0.1) is 0 Å². The van der Waals surface area contributed by atoms with Crippen molar-refractivity contribution in [2.75, 3.05) is 33.4 Å². The van der Waals surface area contributed by atoms with Gasteiger partial charge in [0, 0.05) is 13.1 Å². The predicted molar refractivity (Wildman–Crippen MR) is 68.5 cm³/mol. The van der Waals surface area contributed by atoms with Gasteiger partial charge in [0.15, 0.2) is 5.96 Å². The van der Waals surface area contributed by atoms with Gasteiger partial charge in [-0.1, -0.05) is 0 Å². The number of nitrogens with two attached hydrogens (primary N) is 1. The largest absolute Gasteiger partial charge is 0.495 e. The lowest BCUT2D eigenvalue weighted by atomic mass is 10.3. The van der Waals surface area contributed by atoms with Gasteiger partial charge in [0.2, 0.25) is 0 Å². The van der Waals surface area contributed by atoms with Gasteiger partial charge in [-0.15, -0.1) is 0 Å². The van der Waals surface area contributed by atoms with Crippen LogP contribution in [-0.4, -0.2) is 49.3 Å². The zero-order valence-electron chi connectivity index (χ0n) is 10.5. The number of aromatic nitrogens is 1. The topological polar surface area (TPSA) is 73.0 Å². The summed E-state index contributed by atoms with van der Waals surface area (Å²) in [5, 5.41) is 0. The number of pyridine rings is 1. The maximum absolute atomic E-state index is 5.92. The average molecular weight is 250 g/mol. The summed E-state index contributed by atoms with van der Waals surface area (Å²) in [4.78, 5) is 10.6. The third kappa shape index (κ3) is 3.33. The van der Waals surface area contributed by atoms with E-state index in [-0.39, 0.29) is 0 Å². The van der Waals surface area contributed by atoms with Crippen molar-refractivity contribution in [3.05, 3.63) is 24.0 Å². The second kappa shape index (κ2) is 6.20. The fourth-order valence-electron chi connectivity index (χ4n) is 1.68. The molecule has 0 atom stereocenters. The Morgan fingerprint density at radius 3 is 2.89 bits per heavy atom. The van der Waals surface area contributed by atoms with Crippen LogP contribution in [-0.2, 0) is 11.3 Å². The molecule has 2 heterocycles. The van der Waals surface area contributed by atoms with Crippen molar-refractivity contribution in [2.45, 2.75) is 6.54 Å². The third-order valence-electron chi connectivity index (χ3n) is 2.77. The van der Waals surface area contributed by atoms with Crippen LogP contribution in [0.2, 0.25) is 0 Å². The SMILES string of the molecule is COc1ccc(CN=C(N)N2CCOCC2)nc1. The maximum Gasteiger partial charge on any atom is 0.191 e. The van der Waals surface area contributed by atoms with Crippen LogP contribution in [0.1, 0.15) is 5.69 Å². The Morgan fingerprint density at radius 1 is 1.50 bits per heavy atom. The Labute approximate surface area is 106 Å². The van der Waals surface area contributed by atoms with Gasteiger partial charge in [0.1, 0.15) is 5.75 Å². The van der Waals surface area contributed by atoms with Crippen molar-refractivity contribution < 1.29 is 9.47 Å². The molecular weight excluding hydrogens is 232 g/mol. The maximum atomic E-state index is 5.92. The molecule has 1 aliphatic heterocycles. The van der Waals surface area contributed by atoms with E-state index in [1.54, 1.807) is 13.3 Å². The lowest BCUT2D eigenvalue weighted by molar-refractivity contribution is 0.0674. The van der Waals surface area contributed by atoms with Gasteiger partial charge in [0.05, 0.1) is 38.8 Å². The highest BCUT2D eigenvalue weighted by Gasteiger charge is 2.11. The van der Waals surface area contributed by atoms with Gasteiger partial charge < -0.3 is 20.1 Å². The summed E-state index contributed by atoms with van der Waals surface area (Å²) in [6.45, 7) is 3.48. The first-order valence-corrected chi connectivity index (χ1v) is 5.91. The second-order valence-corrected chi connectivity index (χ2v) is 3.96. The Morgan fingerprint density at radius 2 is 2.28 bits per heavy atom. The van der Waals surface area contributed by atoms with Crippen molar-refractivity contribution in [1.29, 1.82) is 0 Å². The molecule has 98 valence electrons. The highest BCUT2D eigenvalue weighted by atomic mass is 16.5. The summed E-state index contributed by atoms with van der Waals surface area (Å²) in [6.07, 6.45) is 1.68. The van der Waals surface area contributed by atoms with E-state index in [1.165, 1.54) is 0 Å². The molecule has 1 aromatic rings. The van der Waals surface area contributed by atoms with E-state index < -0.39 is 0 Å². The zero-order chi connectivity index (χ0) is 12.8. The first-order valence-electron chi connectivity index (χ1n) is 5.91. The molecule has 6 heteroatoms. The van der Waals surface area contributed by atoms with Gasteiger partial charge in [0.25, 0.3) is 0 Å². The molecule has 0 spiro atoms. The molecule has 0 aromatic carbocycles. The summed E-state index contributed by atoms with van der Waals surface area (Å²) in [7, 11) is 1.62. The minimum absolute atomic E-state index is 0.479. The van der Waals surface area contributed by atoms with Crippen LogP contribution in [0.5, 0.6) is 5.75 Å². The number of methoxy groups -OCH3 is 1. The van der Waals surface area contributed by atoms with Crippen molar-refractivity contribution in [3.63, 3.8) is 0 Å². The molecule has 2 rings (SSSR count). The van der Waals surface area contributed by atoms with E-state index in [1.807, 2.05) is 17.0 Å². The summed E-state index contributed by atoms with van der Waals surface area (Å²) in [6, 6.07) is 3.75. The molecular formula is C12H18N4O2. The van der Waals surface area contributed by atoms with Crippen LogP contribution in [0.25, 0.3) is 0 Å². The number of aliphatic imine (C=N–C) groups is 1. The van der Waals surface area contributed by atoms with Gasteiger partial charge in [-0.05, 0) is 12.1 Å². The van der Waals surface area contributed by atoms with Crippen molar-refractivity contribution >= 4 is 5.96 Å². The minimum atomic E-state index is 0.479. The molecule has 2 N–H and O–H groups in total. The zero-order valence-corrected chi connectivity index (χ0v) is 10.5. The Kier molecular flexibility index (Phi) is 4.35. The van der Waals surface area contributed by atoms with Crippen LogP contribution in [0.4, 0.5) is 0 Å². The molecule has 1 aromatic heterocycles. The smallest absolute Gasteiger partial charge is 0.191 e. The van der Waals surface area contributed by atoms with E-state index in [0.717, 1.165) is 24.5 Å². The fraction of sp³-hybridized carbons (Fsp3) is 0.500. The Bertz CT molecular complexity index is 399. The molecule has 1 fully saturated rings. The number of ether oxygens (including phenoxy) is 2. The molecule has 0 saturated carbocycles. The average Bonchev–Trinajstić information content (AvgIpc) is 2.46. The number of guanidine groups is 1. The highest BCUT2D eigenvalue weighted by molar-refractivity contribution is 5.78. The standard InChI is InChI=1S/C12H18N4O2/c1-17-11-3-2-10(14-9-11)8-15-12(13)16-4-6-18-7-5-16/h2-3,9H,4-8H2,1H3,(H2,13,15). The van der Waals surface area contributed by atoms with E-state index in [2.05, 4.69) is 9.98 Å². The van der Waals surface area contributed by atoms with E-state index in [0.29, 0.717) is 25.7 Å². The number of rotatable bonds is 3. The molecule has 0 bridgehead atoms. The van der Waals surface area contributed by atoms with Crippen LogP contribution in [0.3, 0.4) is 0 Å². The third-order valence-corrected chi connectivity index (χ3v) is 2.77. The molecule has 18 heavy (non-hydrogen) atoms. The molecule has 0 amide bonds. The van der Waals surface area contributed by atoms with Crippen molar-refractivity contribution in [3.8, 4) is 5.75 Å². The van der Waals surface area contributed by atoms with Crippen LogP contribution >= 0.6 is 0 Å². The summed E-state index contributed by atoms with van der Waals surface area (Å²) >= 11 is 0. The molecule has 1 saturated heterocycles. The van der Waals surface area contributed by atoms with E-state index in [9.17, 15) is 0 Å². The van der Waals surface area contributed by atoms with Crippen molar-refractivity contribution in [1.82, 2.24) is 9.88 Å². The van der Waals surface area contributed by atoms with Crippen LogP contribution < -0.4 is 10.5 Å². The first-order chi connectivity index (χ1) is 8.79. The molecule has 6 nitrogen and oxygen atoms in total. The number of hydrogen-bond acceptors (Lipinski definition) is 4. The second-order valence-electron chi connectivity index (χ2n) is 3.96. The summed E-state index contributed by atoms with van der Waals surface area (Å²) in [5.74, 6) is 1.29. The molecule has 0 unspecified atom stereocenters. The van der Waals surface area contributed by atoms with Gasteiger partial charge in [-0.2, -0.15) is 0 Å². The first kappa shape index (κ1) is 12.6. The van der Waals surface area contributed by atoms with Gasteiger partial charge in [-0.25, -0.2) is 4.99 Å².